The summed E-state index contributed by atoms with van der Waals surface area (Å²) in [5.74, 6) is -1.69. The Hall–Kier alpha value is -0.770. The zero-order valence-corrected chi connectivity index (χ0v) is 6.48. The van der Waals surface area contributed by atoms with Gasteiger partial charge in [-0.25, -0.2) is 4.79 Å². The molecule has 56 valence electrons. The van der Waals surface area contributed by atoms with Gasteiger partial charge in [-0.2, -0.15) is 0 Å². The highest BCUT2D eigenvalue weighted by molar-refractivity contribution is 7.85. The lowest BCUT2D eigenvalue weighted by Gasteiger charge is -1.97. The summed E-state index contributed by atoms with van der Waals surface area (Å²) in [5.41, 5.74) is 0. The van der Waals surface area contributed by atoms with Gasteiger partial charge in [0.25, 0.3) is 5.78 Å². The summed E-state index contributed by atoms with van der Waals surface area (Å²) >= 11 is 3.58. The van der Waals surface area contributed by atoms with Gasteiger partial charge in [0.05, 0.1) is 11.5 Å². The number of rotatable bonds is 3. The van der Waals surface area contributed by atoms with Crippen molar-refractivity contribution in [2.75, 3.05) is 6.61 Å². The molecule has 0 aromatic heterocycles. The van der Waals surface area contributed by atoms with Crippen LogP contribution in [-0.4, -0.2) is 18.4 Å². The maximum Gasteiger partial charge on any atom is 0.380 e. The first-order chi connectivity index (χ1) is 4.59. The van der Waals surface area contributed by atoms with Crippen molar-refractivity contribution in [3.63, 3.8) is 0 Å². The van der Waals surface area contributed by atoms with Gasteiger partial charge < -0.3 is 4.74 Å². The van der Waals surface area contributed by atoms with Crippen LogP contribution < -0.4 is 0 Å². The third-order valence-electron chi connectivity index (χ3n) is 0.723. The summed E-state index contributed by atoms with van der Waals surface area (Å²) in [4.78, 5) is 21.0. The molecule has 0 amide bonds. The maximum absolute atomic E-state index is 10.6. The summed E-state index contributed by atoms with van der Waals surface area (Å²) in [6.45, 7) is 4.98. The third-order valence-corrected chi connectivity index (χ3v) is 0.926. The third kappa shape index (κ3) is 2.68. The van der Waals surface area contributed by atoms with Gasteiger partial charge in [0, 0.05) is 0 Å². The van der Waals surface area contributed by atoms with E-state index >= 15 is 0 Å². The molecule has 0 atom stereocenters. The average Bonchev–Trinajstić information content (AvgIpc) is 1.87. The minimum atomic E-state index is -0.900. The number of thiol groups is 1. The second-order valence-corrected chi connectivity index (χ2v) is 2.04. The van der Waals surface area contributed by atoms with Gasteiger partial charge in [-0.3, -0.25) is 4.79 Å². The number of Topliss-reactive ketones (excluding diaryl/α,β-unsaturated/α-hetero) is 1. The van der Waals surface area contributed by atoms with E-state index in [-0.39, 0.29) is 11.5 Å². The van der Waals surface area contributed by atoms with Crippen LogP contribution in [0.5, 0.6) is 0 Å². The first-order valence-corrected chi connectivity index (χ1v) is 3.13. The normalized spacial score (nSPS) is 8.60. The molecule has 10 heavy (non-hydrogen) atoms. The lowest BCUT2D eigenvalue weighted by Crippen LogP contribution is -2.16. The molecule has 0 radical (unpaired) electrons. The number of hydrogen-bond donors (Lipinski definition) is 1. The summed E-state index contributed by atoms with van der Waals surface area (Å²) in [6, 6.07) is 0. The van der Waals surface area contributed by atoms with Crippen molar-refractivity contribution >= 4 is 24.4 Å². The molecule has 0 aromatic carbocycles. The van der Waals surface area contributed by atoms with E-state index in [1.54, 1.807) is 6.92 Å². The van der Waals surface area contributed by atoms with Gasteiger partial charge in [-0.1, -0.05) is 6.58 Å². The van der Waals surface area contributed by atoms with Crippen LogP contribution in [0.3, 0.4) is 0 Å². The number of hydrogen-bond acceptors (Lipinski definition) is 4. The van der Waals surface area contributed by atoms with Gasteiger partial charge >= 0.3 is 5.97 Å². The molecule has 0 aliphatic carbocycles. The lowest BCUT2D eigenvalue weighted by atomic mass is 10.4. The predicted octanol–water partition coefficient (Wildman–Crippen LogP) is 0.562. The Bertz CT molecular complexity index is 174. The van der Waals surface area contributed by atoms with Crippen LogP contribution in [0.1, 0.15) is 6.92 Å². The van der Waals surface area contributed by atoms with Crippen LogP contribution in [0, 0.1) is 0 Å². The minimum Gasteiger partial charge on any atom is -0.460 e. The van der Waals surface area contributed by atoms with Crippen LogP contribution in [0.2, 0.25) is 0 Å². The standard InChI is InChI=1S/C6H8O3S/c1-3-9-6(8)5(7)4(2)10/h10H,2-3H2,1H3. The van der Waals surface area contributed by atoms with Crippen molar-refractivity contribution in [2.45, 2.75) is 6.92 Å². The molecule has 4 heteroatoms. The topological polar surface area (TPSA) is 43.4 Å². The first-order valence-electron chi connectivity index (χ1n) is 2.69. The van der Waals surface area contributed by atoms with Crippen LogP contribution in [0.15, 0.2) is 11.5 Å². The summed E-state index contributed by atoms with van der Waals surface area (Å²) in [6.07, 6.45) is 0. The summed E-state index contributed by atoms with van der Waals surface area (Å²) in [5, 5.41) is 0. The Morgan fingerprint density at radius 3 is 2.40 bits per heavy atom. The minimum absolute atomic E-state index is 0.0987. The van der Waals surface area contributed by atoms with E-state index in [1.165, 1.54) is 0 Å². The van der Waals surface area contributed by atoms with Gasteiger partial charge in [0.1, 0.15) is 0 Å². The summed E-state index contributed by atoms with van der Waals surface area (Å²) in [7, 11) is 0. The van der Waals surface area contributed by atoms with Crippen molar-refractivity contribution in [1.82, 2.24) is 0 Å². The van der Waals surface area contributed by atoms with Crippen LogP contribution in [0.4, 0.5) is 0 Å². The quantitative estimate of drug-likeness (QED) is 0.284. The molecule has 0 spiro atoms. The maximum atomic E-state index is 10.6. The van der Waals surface area contributed by atoms with Crippen LogP contribution in [-0.2, 0) is 14.3 Å². The molecule has 0 rings (SSSR count). The SMILES string of the molecule is C=C(S)C(=O)C(=O)OCC. The highest BCUT2D eigenvalue weighted by Gasteiger charge is 2.14. The molecule has 0 N–H and O–H groups in total. The second kappa shape index (κ2) is 4.11. The van der Waals surface area contributed by atoms with Crippen LogP contribution in [0.25, 0.3) is 0 Å². The van der Waals surface area contributed by atoms with Gasteiger partial charge in [0.15, 0.2) is 0 Å². The summed E-state index contributed by atoms with van der Waals surface area (Å²) < 4.78 is 4.37. The number of carbonyl (C=O) groups excluding carboxylic acids is 2. The van der Waals surface area contributed by atoms with Crippen molar-refractivity contribution in [2.24, 2.45) is 0 Å². The molecule has 0 heterocycles. The largest absolute Gasteiger partial charge is 0.460 e. The van der Waals surface area contributed by atoms with E-state index in [4.69, 9.17) is 0 Å². The van der Waals surface area contributed by atoms with Gasteiger partial charge in [0.2, 0.25) is 0 Å². The van der Waals surface area contributed by atoms with Crippen LogP contribution >= 0.6 is 12.6 Å². The van der Waals surface area contributed by atoms with Crippen molar-refractivity contribution < 1.29 is 14.3 Å². The predicted molar refractivity (Wildman–Crippen MR) is 39.8 cm³/mol. The number of carbonyl (C=O) groups is 2. The number of ketones is 1. The molecule has 0 aliphatic rings. The molecule has 0 bridgehead atoms. The van der Waals surface area contributed by atoms with Gasteiger partial charge in [-0.15, -0.1) is 12.6 Å². The fourth-order valence-corrected chi connectivity index (χ4v) is 0.406. The zero-order valence-electron chi connectivity index (χ0n) is 5.59. The Morgan fingerprint density at radius 2 is 2.10 bits per heavy atom. The Morgan fingerprint density at radius 1 is 1.60 bits per heavy atom. The number of esters is 1. The molecule has 0 aliphatic heterocycles. The zero-order chi connectivity index (χ0) is 8.15. The fraction of sp³-hybridized carbons (Fsp3) is 0.333. The van der Waals surface area contributed by atoms with E-state index in [9.17, 15) is 9.59 Å². The fourth-order valence-electron chi connectivity index (χ4n) is 0.314. The molecule has 0 fully saturated rings. The van der Waals surface area contributed by atoms with Crippen molar-refractivity contribution in [3.8, 4) is 0 Å². The lowest BCUT2D eigenvalue weighted by molar-refractivity contribution is -0.151. The van der Waals surface area contributed by atoms with E-state index in [2.05, 4.69) is 23.9 Å². The molecule has 0 saturated heterocycles. The van der Waals surface area contributed by atoms with E-state index in [0.29, 0.717) is 0 Å². The monoisotopic (exact) mass is 160 g/mol. The van der Waals surface area contributed by atoms with Crippen molar-refractivity contribution in [1.29, 1.82) is 0 Å². The van der Waals surface area contributed by atoms with E-state index in [1.807, 2.05) is 0 Å². The number of ether oxygens (including phenoxy) is 1. The second-order valence-electron chi connectivity index (χ2n) is 1.50. The molecule has 0 saturated carbocycles. The highest BCUT2D eigenvalue weighted by Crippen LogP contribution is 1.98. The molecule has 0 aromatic rings. The van der Waals surface area contributed by atoms with Gasteiger partial charge in [-0.05, 0) is 6.92 Å². The Balaban J connectivity index is 3.96. The van der Waals surface area contributed by atoms with Crippen molar-refractivity contribution in [3.05, 3.63) is 11.5 Å². The Labute approximate surface area is 64.5 Å². The molecular formula is C6H8O3S. The molecule has 0 unspecified atom stereocenters. The van der Waals surface area contributed by atoms with E-state index < -0.39 is 11.8 Å². The smallest absolute Gasteiger partial charge is 0.380 e. The highest BCUT2D eigenvalue weighted by atomic mass is 32.1. The molecular weight excluding hydrogens is 152 g/mol. The average molecular weight is 160 g/mol. The van der Waals surface area contributed by atoms with E-state index in [0.717, 1.165) is 0 Å². The molecule has 3 nitrogen and oxygen atoms in total. The Kier molecular flexibility index (Phi) is 3.79. The first kappa shape index (κ1) is 9.23.